The first-order valence-corrected chi connectivity index (χ1v) is 9.02. The van der Waals surface area contributed by atoms with E-state index < -0.39 is 24.8 Å². The Morgan fingerprint density at radius 3 is 1.12 bits per heavy atom. The highest BCUT2D eigenvalue weighted by Crippen LogP contribution is 2.33. The zero-order valence-electron chi connectivity index (χ0n) is 17.7. The van der Waals surface area contributed by atoms with Crippen LogP contribution in [0.25, 0.3) is 0 Å². The van der Waals surface area contributed by atoms with E-state index in [0.29, 0.717) is 26.4 Å². The highest BCUT2D eigenvalue weighted by molar-refractivity contribution is 4.68. The van der Waals surface area contributed by atoms with Crippen LogP contribution in [0.4, 0.5) is 0 Å². The second-order valence-corrected chi connectivity index (χ2v) is 5.18. The summed E-state index contributed by atoms with van der Waals surface area (Å²) in [6.45, 7) is 11.9. The van der Waals surface area contributed by atoms with Crippen molar-refractivity contribution in [3.8, 4) is 0 Å². The Morgan fingerprint density at radius 2 is 0.923 bits per heavy atom. The molecule has 0 N–H and O–H groups in total. The molecule has 0 rings (SSSR count). The molecule has 0 aliphatic rings. The Kier molecular flexibility index (Phi) is 12.7. The van der Waals surface area contributed by atoms with Crippen LogP contribution in [0, 0.1) is 0 Å². The normalized spacial score (nSPS) is 15.5. The van der Waals surface area contributed by atoms with Gasteiger partial charge in [0.15, 0.2) is 12.6 Å². The maximum Gasteiger partial charge on any atom is 0.361 e. The Labute approximate surface area is 157 Å². The van der Waals surface area contributed by atoms with Crippen LogP contribution >= 0.6 is 0 Å². The number of hydrogen-bond acceptors (Lipinski definition) is 9. The van der Waals surface area contributed by atoms with Crippen molar-refractivity contribution in [2.24, 2.45) is 0 Å². The van der Waals surface area contributed by atoms with Gasteiger partial charge >= 0.3 is 12.2 Å². The first kappa shape index (κ1) is 25.6. The molecule has 0 aromatic heterocycles. The molecular weight excluding hydrogens is 346 g/mol. The summed E-state index contributed by atoms with van der Waals surface area (Å²) in [7, 11) is 4.70. The van der Waals surface area contributed by atoms with Crippen molar-refractivity contribution in [2.45, 2.75) is 66.3 Å². The van der Waals surface area contributed by atoms with Gasteiger partial charge in [-0.15, -0.1) is 0 Å². The van der Waals surface area contributed by atoms with E-state index in [0.717, 1.165) is 0 Å². The van der Waals surface area contributed by atoms with Crippen LogP contribution in [0.2, 0.25) is 0 Å². The molecule has 158 valence electrons. The van der Waals surface area contributed by atoms with E-state index in [9.17, 15) is 0 Å². The summed E-state index contributed by atoms with van der Waals surface area (Å²) in [5, 5.41) is 0. The Morgan fingerprint density at radius 1 is 0.654 bits per heavy atom. The van der Waals surface area contributed by atoms with E-state index >= 15 is 0 Å². The summed E-state index contributed by atoms with van der Waals surface area (Å²) in [5.41, 5.74) is 0. The minimum absolute atomic E-state index is 0.301. The van der Waals surface area contributed by atoms with E-state index in [1.165, 1.54) is 19.1 Å². The number of rotatable bonds is 16. The Balaban J connectivity index is 6.05. The quantitative estimate of drug-likeness (QED) is 0.373. The van der Waals surface area contributed by atoms with Gasteiger partial charge in [0.2, 0.25) is 0 Å². The highest BCUT2D eigenvalue weighted by Gasteiger charge is 2.55. The van der Waals surface area contributed by atoms with Crippen LogP contribution in [-0.4, -0.2) is 77.4 Å². The molecule has 0 radical (unpaired) electrons. The van der Waals surface area contributed by atoms with Gasteiger partial charge in [0.1, 0.15) is 0 Å². The summed E-state index contributed by atoms with van der Waals surface area (Å²) >= 11 is 0. The third-order valence-electron chi connectivity index (χ3n) is 3.42. The largest absolute Gasteiger partial charge is 0.361 e. The van der Waals surface area contributed by atoms with Gasteiger partial charge in [0.25, 0.3) is 0 Å². The lowest BCUT2D eigenvalue weighted by atomic mass is 10.5. The first-order valence-electron chi connectivity index (χ1n) is 9.02. The SMILES string of the molecule is CCOC(OCC)(OC(C)OC)N(C)C(OCC)(OCC)OC(C)OC. The number of ether oxygens (including phenoxy) is 8. The number of nitrogens with zero attached hydrogens (tertiary/aromatic N) is 1. The van der Waals surface area contributed by atoms with Gasteiger partial charge in [-0.05, 0) is 41.5 Å². The van der Waals surface area contributed by atoms with Crippen molar-refractivity contribution in [2.75, 3.05) is 47.7 Å². The van der Waals surface area contributed by atoms with E-state index in [1.807, 2.05) is 27.7 Å². The van der Waals surface area contributed by atoms with Crippen LogP contribution in [-0.2, 0) is 37.9 Å². The van der Waals surface area contributed by atoms with Crippen LogP contribution in [0.5, 0.6) is 0 Å². The van der Waals surface area contributed by atoms with Crippen molar-refractivity contribution in [3.05, 3.63) is 0 Å². The highest BCUT2D eigenvalue weighted by atomic mass is 17.0. The van der Waals surface area contributed by atoms with Crippen molar-refractivity contribution < 1.29 is 37.9 Å². The zero-order chi connectivity index (χ0) is 20.2. The van der Waals surface area contributed by atoms with Gasteiger partial charge in [-0.1, -0.05) is 0 Å². The standard InChI is InChI=1S/C17H37NO8/c1-10-21-16(22-11-2,25-14(5)19-8)18(7)17(23-12-3,24-13-4)26-15(6)20-9/h14-15H,10-13H2,1-9H3. The lowest BCUT2D eigenvalue weighted by Crippen LogP contribution is -2.67. The smallest absolute Gasteiger partial charge is 0.356 e. The molecule has 0 spiro atoms. The second-order valence-electron chi connectivity index (χ2n) is 5.18. The van der Waals surface area contributed by atoms with Gasteiger partial charge in [-0.3, -0.25) is 9.47 Å². The van der Waals surface area contributed by atoms with E-state index in [4.69, 9.17) is 37.9 Å². The number of methoxy groups -OCH3 is 2. The summed E-state index contributed by atoms with van der Waals surface area (Å²) < 4.78 is 45.7. The molecule has 9 heteroatoms. The molecule has 0 saturated heterocycles. The van der Waals surface area contributed by atoms with Crippen molar-refractivity contribution in [1.29, 1.82) is 0 Å². The van der Waals surface area contributed by atoms with Gasteiger partial charge in [0.05, 0.1) is 26.4 Å². The van der Waals surface area contributed by atoms with Crippen molar-refractivity contribution >= 4 is 0 Å². The van der Waals surface area contributed by atoms with Gasteiger partial charge in [-0.2, -0.15) is 4.90 Å². The topological polar surface area (TPSA) is 77.1 Å². The molecule has 0 amide bonds. The van der Waals surface area contributed by atoms with Crippen LogP contribution in [0.3, 0.4) is 0 Å². The molecule has 0 aromatic carbocycles. The summed E-state index contributed by atoms with van der Waals surface area (Å²) in [6.07, 6.45) is -4.60. The molecule has 0 aromatic rings. The fourth-order valence-electron chi connectivity index (χ4n) is 2.18. The Bertz CT molecular complexity index is 314. The van der Waals surface area contributed by atoms with Gasteiger partial charge in [-0.25, -0.2) is 0 Å². The molecule has 2 unspecified atom stereocenters. The zero-order valence-corrected chi connectivity index (χ0v) is 17.7. The summed E-state index contributed by atoms with van der Waals surface area (Å²) in [5.74, 6) is 0. The first-order chi connectivity index (χ1) is 12.3. The molecule has 0 saturated carbocycles. The maximum absolute atomic E-state index is 5.92. The van der Waals surface area contributed by atoms with E-state index in [1.54, 1.807) is 20.9 Å². The maximum atomic E-state index is 5.92. The molecule has 0 heterocycles. The molecule has 2 atom stereocenters. The lowest BCUT2D eigenvalue weighted by molar-refractivity contribution is -0.565. The predicted molar refractivity (Wildman–Crippen MR) is 94.8 cm³/mol. The third-order valence-corrected chi connectivity index (χ3v) is 3.42. The van der Waals surface area contributed by atoms with E-state index in [-0.39, 0.29) is 0 Å². The fourth-order valence-corrected chi connectivity index (χ4v) is 2.18. The van der Waals surface area contributed by atoms with Crippen molar-refractivity contribution in [3.63, 3.8) is 0 Å². The van der Waals surface area contributed by atoms with Crippen LogP contribution in [0.15, 0.2) is 0 Å². The average molecular weight is 383 g/mol. The molecular formula is C17H37NO8. The lowest BCUT2D eigenvalue weighted by Gasteiger charge is -2.48. The second kappa shape index (κ2) is 12.9. The minimum atomic E-state index is -1.67. The third kappa shape index (κ3) is 6.99. The molecule has 0 bridgehead atoms. The van der Waals surface area contributed by atoms with Crippen LogP contribution in [0.1, 0.15) is 41.5 Å². The summed E-state index contributed by atoms with van der Waals surface area (Å²) in [4.78, 5) is 1.46. The fraction of sp³-hybridized carbons (Fsp3) is 1.00. The van der Waals surface area contributed by atoms with Gasteiger partial charge in [0, 0.05) is 21.3 Å². The Hall–Kier alpha value is -0.360. The molecule has 26 heavy (non-hydrogen) atoms. The van der Waals surface area contributed by atoms with E-state index in [2.05, 4.69) is 0 Å². The monoisotopic (exact) mass is 383 g/mol. The molecule has 0 fully saturated rings. The van der Waals surface area contributed by atoms with Gasteiger partial charge < -0.3 is 28.4 Å². The molecule has 9 nitrogen and oxygen atoms in total. The molecule has 0 aliphatic carbocycles. The summed E-state index contributed by atoms with van der Waals surface area (Å²) in [6, 6.07) is 0. The minimum Gasteiger partial charge on any atom is -0.356 e. The van der Waals surface area contributed by atoms with Crippen LogP contribution < -0.4 is 0 Å². The molecule has 0 aliphatic heterocycles. The number of hydrogen-bond donors (Lipinski definition) is 0. The average Bonchev–Trinajstić information content (AvgIpc) is 2.61. The van der Waals surface area contributed by atoms with Crippen molar-refractivity contribution in [1.82, 2.24) is 4.90 Å². The predicted octanol–water partition coefficient (Wildman–Crippen LogP) is 2.30.